The maximum atomic E-state index is 8.85. The van der Waals surface area contributed by atoms with Gasteiger partial charge in [-0.3, -0.25) is 0 Å². The van der Waals surface area contributed by atoms with E-state index in [0.717, 1.165) is 18.5 Å². The van der Waals surface area contributed by atoms with Crippen molar-refractivity contribution >= 4 is 11.4 Å². The summed E-state index contributed by atoms with van der Waals surface area (Å²) < 4.78 is 5.16. The number of ether oxygens (including phenoxy) is 1. The fraction of sp³-hybridized carbons (Fsp3) is 0.462. The lowest BCUT2D eigenvalue weighted by Crippen LogP contribution is -2.25. The molecule has 1 aromatic carbocycles. The summed E-state index contributed by atoms with van der Waals surface area (Å²) in [6.45, 7) is 2.75. The van der Waals surface area contributed by atoms with Crippen LogP contribution in [0.25, 0.3) is 0 Å². The van der Waals surface area contributed by atoms with E-state index in [1.165, 1.54) is 0 Å². The van der Waals surface area contributed by atoms with Crippen molar-refractivity contribution in [3.8, 4) is 6.07 Å². The molecule has 1 rings (SSSR count). The summed E-state index contributed by atoms with van der Waals surface area (Å²) in [5.41, 5.74) is 7.94. The Morgan fingerprint density at radius 3 is 2.88 bits per heavy atom. The van der Waals surface area contributed by atoms with E-state index in [-0.39, 0.29) is 6.04 Å². The minimum absolute atomic E-state index is 0.223. The third-order valence-corrected chi connectivity index (χ3v) is 2.55. The Kier molecular flexibility index (Phi) is 5.31. The molecule has 0 spiro atoms. The number of nitrogens with one attached hydrogen (secondary N) is 1. The molecule has 0 aliphatic heterocycles. The summed E-state index contributed by atoms with van der Waals surface area (Å²) in [7, 11) is 1.68. The molecule has 0 radical (unpaired) electrons. The maximum Gasteiger partial charge on any atom is 0.0992 e. The van der Waals surface area contributed by atoms with Crippen molar-refractivity contribution in [3.05, 3.63) is 23.8 Å². The highest BCUT2D eigenvalue weighted by atomic mass is 16.5. The van der Waals surface area contributed by atoms with Gasteiger partial charge in [0.05, 0.1) is 29.6 Å². The molecule has 0 aromatic heterocycles. The normalized spacial score (nSPS) is 11.8. The summed E-state index contributed by atoms with van der Waals surface area (Å²) in [5.74, 6) is 0. The number of benzene rings is 1. The van der Waals surface area contributed by atoms with E-state index in [0.29, 0.717) is 17.9 Å². The third kappa shape index (κ3) is 3.97. The van der Waals surface area contributed by atoms with Crippen molar-refractivity contribution in [2.45, 2.75) is 25.8 Å². The van der Waals surface area contributed by atoms with E-state index in [2.05, 4.69) is 18.3 Å². The molecule has 0 bridgehead atoms. The molecule has 0 heterocycles. The molecule has 1 unspecified atom stereocenters. The lowest BCUT2D eigenvalue weighted by molar-refractivity contribution is 0.182. The summed E-state index contributed by atoms with van der Waals surface area (Å²) >= 11 is 0. The summed E-state index contributed by atoms with van der Waals surface area (Å²) in [6, 6.07) is 7.56. The minimum Gasteiger partial charge on any atom is -0.397 e. The SMILES string of the molecule is CCCC(COC)Nc1cc(C#N)ccc1N. The van der Waals surface area contributed by atoms with Gasteiger partial charge in [0.1, 0.15) is 0 Å². The number of hydrogen-bond acceptors (Lipinski definition) is 4. The summed E-state index contributed by atoms with van der Waals surface area (Å²) in [5, 5.41) is 12.2. The van der Waals surface area contributed by atoms with Crippen LogP contribution < -0.4 is 11.1 Å². The van der Waals surface area contributed by atoms with Crippen molar-refractivity contribution < 1.29 is 4.74 Å². The van der Waals surface area contributed by atoms with Crippen LogP contribution in [0.2, 0.25) is 0 Å². The quantitative estimate of drug-likeness (QED) is 0.740. The number of nitriles is 1. The van der Waals surface area contributed by atoms with Gasteiger partial charge in [0, 0.05) is 13.2 Å². The standard InChI is InChI=1S/C13H19N3O/c1-3-4-11(9-17-2)16-13-7-10(8-14)5-6-12(13)15/h5-7,11,16H,3-4,9,15H2,1-2H3. The molecule has 0 aliphatic carbocycles. The van der Waals surface area contributed by atoms with Gasteiger partial charge in [0.25, 0.3) is 0 Å². The molecule has 17 heavy (non-hydrogen) atoms. The van der Waals surface area contributed by atoms with E-state index in [4.69, 9.17) is 15.7 Å². The number of anilines is 2. The lowest BCUT2D eigenvalue weighted by Gasteiger charge is -2.19. The second-order valence-electron chi connectivity index (χ2n) is 4.00. The van der Waals surface area contributed by atoms with Crippen LogP contribution in [0.3, 0.4) is 0 Å². The molecule has 1 aromatic rings. The van der Waals surface area contributed by atoms with Crippen LogP contribution in [0.5, 0.6) is 0 Å². The highest BCUT2D eigenvalue weighted by molar-refractivity contribution is 5.68. The Morgan fingerprint density at radius 1 is 1.53 bits per heavy atom. The second kappa shape index (κ2) is 6.77. The van der Waals surface area contributed by atoms with Crippen LogP contribution in [0.4, 0.5) is 11.4 Å². The molecule has 4 heteroatoms. The second-order valence-corrected chi connectivity index (χ2v) is 4.00. The number of nitrogen functional groups attached to an aromatic ring is 1. The molecule has 0 fully saturated rings. The average molecular weight is 233 g/mol. The molecule has 3 N–H and O–H groups in total. The van der Waals surface area contributed by atoms with E-state index in [1.807, 2.05) is 0 Å². The van der Waals surface area contributed by atoms with Crippen molar-refractivity contribution in [2.24, 2.45) is 0 Å². The Labute approximate surface area is 102 Å². The molecule has 0 aliphatic rings. The lowest BCUT2D eigenvalue weighted by atomic mass is 10.1. The number of nitrogens with two attached hydrogens (primary N) is 1. The van der Waals surface area contributed by atoms with Gasteiger partial charge in [-0.15, -0.1) is 0 Å². The fourth-order valence-corrected chi connectivity index (χ4v) is 1.72. The first-order chi connectivity index (χ1) is 8.21. The van der Waals surface area contributed by atoms with Gasteiger partial charge in [0.15, 0.2) is 0 Å². The van der Waals surface area contributed by atoms with Crippen LogP contribution in [0.15, 0.2) is 18.2 Å². The van der Waals surface area contributed by atoms with Gasteiger partial charge in [-0.1, -0.05) is 13.3 Å². The monoisotopic (exact) mass is 233 g/mol. The van der Waals surface area contributed by atoms with Crippen molar-refractivity contribution in [2.75, 3.05) is 24.8 Å². The zero-order chi connectivity index (χ0) is 12.7. The Bertz CT molecular complexity index is 392. The predicted octanol–water partition coefficient (Wildman–Crippen LogP) is 2.37. The number of nitrogens with zero attached hydrogens (tertiary/aromatic N) is 1. The number of rotatable bonds is 6. The van der Waals surface area contributed by atoms with E-state index in [9.17, 15) is 0 Å². The highest BCUT2D eigenvalue weighted by Crippen LogP contribution is 2.21. The Hall–Kier alpha value is -1.73. The van der Waals surface area contributed by atoms with Crippen LogP contribution in [-0.4, -0.2) is 19.8 Å². The zero-order valence-electron chi connectivity index (χ0n) is 10.4. The third-order valence-electron chi connectivity index (χ3n) is 2.55. The van der Waals surface area contributed by atoms with E-state index in [1.54, 1.807) is 25.3 Å². The first-order valence-corrected chi connectivity index (χ1v) is 5.76. The van der Waals surface area contributed by atoms with Crippen LogP contribution >= 0.6 is 0 Å². The van der Waals surface area contributed by atoms with Gasteiger partial charge in [-0.2, -0.15) is 5.26 Å². The zero-order valence-corrected chi connectivity index (χ0v) is 10.4. The first kappa shape index (κ1) is 13.3. The van der Waals surface area contributed by atoms with Gasteiger partial charge in [-0.25, -0.2) is 0 Å². The minimum atomic E-state index is 0.223. The number of methoxy groups -OCH3 is 1. The van der Waals surface area contributed by atoms with Crippen LogP contribution in [-0.2, 0) is 4.74 Å². The molecule has 0 saturated heterocycles. The van der Waals surface area contributed by atoms with Crippen molar-refractivity contribution in [1.82, 2.24) is 0 Å². The molecule has 1 atom stereocenters. The summed E-state index contributed by atoms with van der Waals surface area (Å²) in [6.07, 6.45) is 2.07. The van der Waals surface area contributed by atoms with Gasteiger partial charge >= 0.3 is 0 Å². The van der Waals surface area contributed by atoms with E-state index < -0.39 is 0 Å². The molecular weight excluding hydrogens is 214 g/mol. The van der Waals surface area contributed by atoms with Gasteiger partial charge < -0.3 is 15.8 Å². The fourth-order valence-electron chi connectivity index (χ4n) is 1.72. The number of hydrogen-bond donors (Lipinski definition) is 2. The Balaban J connectivity index is 2.80. The average Bonchev–Trinajstić information content (AvgIpc) is 2.32. The smallest absolute Gasteiger partial charge is 0.0992 e. The van der Waals surface area contributed by atoms with Crippen molar-refractivity contribution in [1.29, 1.82) is 5.26 Å². The molecule has 0 saturated carbocycles. The molecule has 4 nitrogen and oxygen atoms in total. The predicted molar refractivity (Wildman–Crippen MR) is 69.8 cm³/mol. The van der Waals surface area contributed by atoms with Gasteiger partial charge in [-0.05, 0) is 24.6 Å². The Morgan fingerprint density at radius 2 is 2.29 bits per heavy atom. The molecular formula is C13H19N3O. The van der Waals surface area contributed by atoms with Crippen LogP contribution in [0.1, 0.15) is 25.3 Å². The van der Waals surface area contributed by atoms with Gasteiger partial charge in [0.2, 0.25) is 0 Å². The topological polar surface area (TPSA) is 71.1 Å². The molecule has 92 valence electrons. The summed E-state index contributed by atoms with van der Waals surface area (Å²) in [4.78, 5) is 0. The van der Waals surface area contributed by atoms with Crippen molar-refractivity contribution in [3.63, 3.8) is 0 Å². The molecule has 0 amide bonds. The van der Waals surface area contributed by atoms with E-state index >= 15 is 0 Å². The maximum absolute atomic E-state index is 8.85. The first-order valence-electron chi connectivity index (χ1n) is 5.76. The highest BCUT2D eigenvalue weighted by Gasteiger charge is 2.09. The van der Waals surface area contributed by atoms with Crippen LogP contribution in [0, 0.1) is 11.3 Å². The largest absolute Gasteiger partial charge is 0.397 e.